The van der Waals surface area contributed by atoms with Gasteiger partial charge in [-0.05, 0) is 12.1 Å². The van der Waals surface area contributed by atoms with Crippen molar-refractivity contribution in [1.82, 2.24) is 4.98 Å². The summed E-state index contributed by atoms with van der Waals surface area (Å²) < 4.78 is 40.0. The van der Waals surface area contributed by atoms with Crippen LogP contribution in [0.15, 0.2) is 59.1 Å². The molecule has 6 nitrogen and oxygen atoms in total. The highest BCUT2D eigenvalue weighted by atomic mass is 19.3. The van der Waals surface area contributed by atoms with Crippen LogP contribution in [-0.4, -0.2) is 24.6 Å². The summed E-state index contributed by atoms with van der Waals surface area (Å²) in [6.45, 7) is -3.00. The number of halogens is 2. The molecular formula is C20H18F2N2O4. The Morgan fingerprint density at radius 1 is 1.18 bits per heavy atom. The van der Waals surface area contributed by atoms with Crippen LogP contribution in [0.3, 0.4) is 0 Å². The second-order valence-electron chi connectivity index (χ2n) is 5.78. The van der Waals surface area contributed by atoms with Gasteiger partial charge in [0.1, 0.15) is 0 Å². The van der Waals surface area contributed by atoms with Crippen molar-refractivity contribution in [3.05, 3.63) is 60.6 Å². The largest absolute Gasteiger partial charge is 0.493 e. The maximum Gasteiger partial charge on any atom is 0.387 e. The Morgan fingerprint density at radius 2 is 1.96 bits per heavy atom. The van der Waals surface area contributed by atoms with Gasteiger partial charge >= 0.3 is 6.61 Å². The molecule has 1 heterocycles. The van der Waals surface area contributed by atoms with Crippen LogP contribution in [0.1, 0.15) is 12.3 Å². The molecule has 0 spiro atoms. The van der Waals surface area contributed by atoms with Crippen LogP contribution in [0.4, 0.5) is 14.5 Å². The lowest BCUT2D eigenvalue weighted by molar-refractivity contribution is -0.116. The fourth-order valence-corrected chi connectivity index (χ4v) is 2.55. The van der Waals surface area contributed by atoms with Crippen molar-refractivity contribution < 1.29 is 27.5 Å². The zero-order chi connectivity index (χ0) is 19.9. The summed E-state index contributed by atoms with van der Waals surface area (Å²) in [7, 11) is 1.34. The van der Waals surface area contributed by atoms with E-state index in [0.717, 1.165) is 5.56 Å². The maximum absolute atomic E-state index is 12.5. The first-order valence-corrected chi connectivity index (χ1v) is 8.48. The van der Waals surface area contributed by atoms with Crippen LogP contribution in [0.5, 0.6) is 11.5 Å². The topological polar surface area (TPSA) is 73.6 Å². The molecule has 0 saturated carbocycles. The van der Waals surface area contributed by atoms with Crippen LogP contribution in [0.2, 0.25) is 0 Å². The molecule has 1 aromatic heterocycles. The number of oxazole rings is 1. The molecule has 1 N–H and O–H groups in total. The van der Waals surface area contributed by atoms with E-state index in [1.165, 1.54) is 25.3 Å². The number of aryl methyl sites for hydroxylation is 1. The third-order valence-electron chi connectivity index (χ3n) is 3.84. The molecule has 3 aromatic rings. The molecule has 1 amide bonds. The first kappa shape index (κ1) is 19.3. The van der Waals surface area contributed by atoms with E-state index in [1.807, 2.05) is 30.3 Å². The van der Waals surface area contributed by atoms with Crippen molar-refractivity contribution in [1.29, 1.82) is 0 Å². The summed E-state index contributed by atoms with van der Waals surface area (Å²) in [4.78, 5) is 16.3. The predicted octanol–water partition coefficient (Wildman–Crippen LogP) is 4.52. The van der Waals surface area contributed by atoms with E-state index in [9.17, 15) is 13.6 Å². The van der Waals surface area contributed by atoms with E-state index in [0.29, 0.717) is 23.8 Å². The molecule has 28 heavy (non-hydrogen) atoms. The van der Waals surface area contributed by atoms with Crippen LogP contribution < -0.4 is 14.8 Å². The Bertz CT molecular complexity index is 929. The molecule has 8 heteroatoms. The van der Waals surface area contributed by atoms with Crippen molar-refractivity contribution in [2.24, 2.45) is 0 Å². The predicted molar refractivity (Wildman–Crippen MR) is 98.5 cm³/mol. The van der Waals surface area contributed by atoms with Gasteiger partial charge < -0.3 is 19.2 Å². The summed E-state index contributed by atoms with van der Waals surface area (Å²) in [5.74, 6) is 0.736. The smallest absolute Gasteiger partial charge is 0.387 e. The molecule has 0 aliphatic carbocycles. The highest BCUT2D eigenvalue weighted by Crippen LogP contribution is 2.31. The van der Waals surface area contributed by atoms with Crippen LogP contribution in [-0.2, 0) is 11.2 Å². The van der Waals surface area contributed by atoms with Crippen LogP contribution in [0, 0.1) is 0 Å². The minimum Gasteiger partial charge on any atom is -0.493 e. The van der Waals surface area contributed by atoms with Gasteiger partial charge in [0.05, 0.1) is 13.3 Å². The fourth-order valence-electron chi connectivity index (χ4n) is 2.55. The average Bonchev–Trinajstić information content (AvgIpc) is 3.16. The fraction of sp³-hybridized carbons (Fsp3) is 0.200. The number of hydrogen-bond acceptors (Lipinski definition) is 5. The molecule has 0 radical (unpaired) electrons. The van der Waals surface area contributed by atoms with Gasteiger partial charge in [-0.15, -0.1) is 0 Å². The monoisotopic (exact) mass is 388 g/mol. The van der Waals surface area contributed by atoms with Crippen molar-refractivity contribution in [2.75, 3.05) is 12.4 Å². The Labute approximate surface area is 160 Å². The number of benzene rings is 2. The number of nitrogens with one attached hydrogen (secondary N) is 1. The third-order valence-corrected chi connectivity index (χ3v) is 3.84. The number of ether oxygens (including phenoxy) is 2. The summed E-state index contributed by atoms with van der Waals surface area (Å²) in [6.07, 6.45) is 2.03. The van der Waals surface area contributed by atoms with Crippen LogP contribution in [0.25, 0.3) is 11.3 Å². The molecule has 0 aliphatic heterocycles. The molecule has 0 atom stereocenters. The zero-order valence-electron chi connectivity index (χ0n) is 15.0. The summed E-state index contributed by atoms with van der Waals surface area (Å²) >= 11 is 0. The maximum atomic E-state index is 12.5. The number of aromatic nitrogens is 1. The first-order chi connectivity index (χ1) is 13.5. The molecule has 0 saturated heterocycles. The van der Waals surface area contributed by atoms with E-state index in [-0.39, 0.29) is 23.8 Å². The normalized spacial score (nSPS) is 10.7. The molecule has 146 valence electrons. The molecule has 0 fully saturated rings. The Morgan fingerprint density at radius 3 is 2.68 bits per heavy atom. The third kappa shape index (κ3) is 5.06. The second-order valence-corrected chi connectivity index (χ2v) is 5.78. The lowest BCUT2D eigenvalue weighted by Gasteiger charge is -2.12. The molecule has 0 bridgehead atoms. The number of carbonyl (C=O) groups excluding carboxylic acids is 1. The van der Waals surface area contributed by atoms with Gasteiger partial charge in [-0.3, -0.25) is 4.79 Å². The van der Waals surface area contributed by atoms with Crippen LogP contribution >= 0.6 is 0 Å². The molecule has 2 aromatic carbocycles. The number of anilines is 1. The highest BCUT2D eigenvalue weighted by Gasteiger charge is 2.13. The molecule has 0 unspecified atom stereocenters. The average molecular weight is 388 g/mol. The SMILES string of the molecule is COc1ccc(NC(=O)CCc2ncc(-c3ccccc3)o2)cc1OC(F)F. The molecule has 3 rings (SSSR count). The Hall–Kier alpha value is -3.42. The zero-order valence-corrected chi connectivity index (χ0v) is 15.0. The second kappa shape index (κ2) is 8.98. The van der Waals surface area contributed by atoms with Gasteiger partial charge in [-0.1, -0.05) is 30.3 Å². The van der Waals surface area contributed by atoms with E-state index in [4.69, 9.17) is 9.15 Å². The lowest BCUT2D eigenvalue weighted by Crippen LogP contribution is -2.13. The summed E-state index contributed by atoms with van der Waals surface area (Å²) in [5.41, 5.74) is 1.22. The Balaban J connectivity index is 1.58. The quantitative estimate of drug-likeness (QED) is 0.614. The van der Waals surface area contributed by atoms with Gasteiger partial charge in [-0.2, -0.15) is 8.78 Å². The van der Waals surface area contributed by atoms with E-state index in [2.05, 4.69) is 15.0 Å². The van der Waals surface area contributed by atoms with Crippen molar-refractivity contribution in [3.63, 3.8) is 0 Å². The number of methoxy groups -OCH3 is 1. The first-order valence-electron chi connectivity index (χ1n) is 8.48. The van der Waals surface area contributed by atoms with E-state index >= 15 is 0 Å². The number of alkyl halides is 2. The van der Waals surface area contributed by atoms with E-state index in [1.54, 1.807) is 6.20 Å². The van der Waals surface area contributed by atoms with Crippen molar-refractivity contribution >= 4 is 11.6 Å². The highest BCUT2D eigenvalue weighted by molar-refractivity contribution is 5.91. The summed E-state index contributed by atoms with van der Waals surface area (Å²) in [6, 6.07) is 13.8. The van der Waals surface area contributed by atoms with Gasteiger partial charge in [0.2, 0.25) is 5.91 Å². The number of nitrogens with zero attached hydrogens (tertiary/aromatic N) is 1. The van der Waals surface area contributed by atoms with Gasteiger partial charge in [-0.25, -0.2) is 4.98 Å². The standard InChI is InChI=1S/C20H18F2N2O4/c1-26-15-8-7-14(11-16(15)28-20(21)22)24-18(25)9-10-19-23-12-17(27-19)13-5-3-2-4-6-13/h2-8,11-12,20H,9-10H2,1H3,(H,24,25). The lowest BCUT2D eigenvalue weighted by atomic mass is 10.2. The number of carbonyl (C=O) groups is 1. The number of hydrogen-bond donors (Lipinski definition) is 1. The minimum absolute atomic E-state index is 0.117. The van der Waals surface area contributed by atoms with Crippen molar-refractivity contribution in [3.8, 4) is 22.8 Å². The van der Waals surface area contributed by atoms with Gasteiger partial charge in [0.25, 0.3) is 0 Å². The van der Waals surface area contributed by atoms with Gasteiger partial charge in [0, 0.05) is 30.2 Å². The minimum atomic E-state index is -3.00. The molecular weight excluding hydrogens is 370 g/mol. The number of rotatable bonds is 8. The Kier molecular flexibility index (Phi) is 6.21. The van der Waals surface area contributed by atoms with Crippen molar-refractivity contribution in [2.45, 2.75) is 19.5 Å². The number of amides is 1. The molecule has 0 aliphatic rings. The van der Waals surface area contributed by atoms with E-state index < -0.39 is 6.61 Å². The van der Waals surface area contributed by atoms with Gasteiger partial charge in [0.15, 0.2) is 23.1 Å². The summed E-state index contributed by atoms with van der Waals surface area (Å²) in [5, 5.41) is 2.63.